The predicted molar refractivity (Wildman–Crippen MR) is 155 cm³/mol. The highest BCUT2D eigenvalue weighted by Crippen LogP contribution is 2.50. The molecule has 0 radical (unpaired) electrons. The lowest BCUT2D eigenvalue weighted by molar-refractivity contribution is -0.147. The molecule has 0 amide bonds. The van der Waals surface area contributed by atoms with E-state index < -0.39 is 12.2 Å². The number of aliphatic hydroxyl groups excluding tert-OH is 2. The number of ether oxygens (including phenoxy) is 1. The topological polar surface area (TPSA) is 66.8 Å². The van der Waals surface area contributed by atoms with Gasteiger partial charge in [0.25, 0.3) is 0 Å². The van der Waals surface area contributed by atoms with Gasteiger partial charge in [-0.3, -0.25) is 4.79 Å². The fourth-order valence-electron chi connectivity index (χ4n) is 6.08. The Kier molecular flexibility index (Phi) is 10.6. The van der Waals surface area contributed by atoms with Crippen molar-refractivity contribution in [2.24, 2.45) is 23.7 Å². The second-order valence-electron chi connectivity index (χ2n) is 11.1. The van der Waals surface area contributed by atoms with Crippen molar-refractivity contribution >= 4 is 5.97 Å². The molecule has 0 heterocycles. The van der Waals surface area contributed by atoms with Gasteiger partial charge in [-0.05, 0) is 67.9 Å². The summed E-state index contributed by atoms with van der Waals surface area (Å²) in [4.78, 5) is 12.8. The quantitative estimate of drug-likeness (QED) is 0.146. The Morgan fingerprint density at radius 2 is 1.74 bits per heavy atom. The number of fused-ring (bicyclic) bond motifs is 1. The summed E-state index contributed by atoms with van der Waals surface area (Å²) < 4.78 is 5.94. The van der Waals surface area contributed by atoms with Gasteiger partial charge in [-0.1, -0.05) is 91.4 Å². The van der Waals surface area contributed by atoms with Crippen LogP contribution in [0, 0.1) is 35.5 Å². The molecule has 2 N–H and O–H groups in total. The first-order chi connectivity index (χ1) is 19.0. The Morgan fingerprint density at radius 1 is 1.08 bits per heavy atom. The lowest BCUT2D eigenvalue weighted by Crippen LogP contribution is -2.19. The van der Waals surface area contributed by atoms with Crippen molar-refractivity contribution in [3.05, 3.63) is 95.6 Å². The Hall–Kier alpha value is -3.13. The van der Waals surface area contributed by atoms with Crippen molar-refractivity contribution in [1.82, 2.24) is 0 Å². The molecule has 2 aliphatic carbocycles. The van der Waals surface area contributed by atoms with Crippen molar-refractivity contribution < 1.29 is 19.7 Å². The molecular weight excluding hydrogens is 484 g/mol. The van der Waals surface area contributed by atoms with Gasteiger partial charge in [-0.25, -0.2) is 0 Å². The van der Waals surface area contributed by atoms with Crippen LogP contribution in [-0.4, -0.2) is 28.4 Å². The molecule has 2 aromatic rings. The van der Waals surface area contributed by atoms with Crippen molar-refractivity contribution in [3.63, 3.8) is 0 Å². The second kappa shape index (κ2) is 14.3. The number of carbonyl (C=O) groups is 1. The molecule has 2 unspecified atom stereocenters. The first-order valence-corrected chi connectivity index (χ1v) is 14.4. The number of aliphatic hydroxyl groups is 2. The van der Waals surface area contributed by atoms with Gasteiger partial charge in [0, 0.05) is 18.8 Å². The maximum Gasteiger partial charge on any atom is 0.306 e. The van der Waals surface area contributed by atoms with E-state index in [2.05, 4.69) is 17.9 Å². The fourth-order valence-corrected chi connectivity index (χ4v) is 6.08. The van der Waals surface area contributed by atoms with Gasteiger partial charge < -0.3 is 14.9 Å². The van der Waals surface area contributed by atoms with E-state index in [1.807, 2.05) is 86.7 Å². The molecule has 4 nitrogen and oxygen atoms in total. The zero-order chi connectivity index (χ0) is 27.6. The predicted octanol–water partition coefficient (Wildman–Crippen LogP) is 6.79. The summed E-state index contributed by atoms with van der Waals surface area (Å²) in [6.45, 7) is 3.82. The number of carbonyl (C=O) groups excluding carboxylic acids is 1. The van der Waals surface area contributed by atoms with Crippen LogP contribution in [0.15, 0.2) is 84.5 Å². The van der Waals surface area contributed by atoms with Gasteiger partial charge in [-0.2, -0.15) is 0 Å². The Labute approximate surface area is 233 Å². The van der Waals surface area contributed by atoms with Gasteiger partial charge >= 0.3 is 5.97 Å². The van der Waals surface area contributed by atoms with Crippen LogP contribution in [0.25, 0.3) is 0 Å². The first kappa shape index (κ1) is 28.9. The summed E-state index contributed by atoms with van der Waals surface area (Å²) in [6.07, 6.45) is 10.4. The average molecular weight is 527 g/mol. The van der Waals surface area contributed by atoms with Gasteiger partial charge in [0.2, 0.25) is 0 Å². The molecule has 2 saturated carbocycles. The normalized spacial score (nSPS) is 24.9. The number of esters is 1. The molecule has 4 rings (SSSR count). The second-order valence-corrected chi connectivity index (χ2v) is 11.1. The van der Waals surface area contributed by atoms with E-state index in [-0.39, 0.29) is 23.9 Å². The smallest absolute Gasteiger partial charge is 0.306 e. The molecule has 0 aromatic heterocycles. The lowest BCUT2D eigenvalue weighted by Gasteiger charge is -2.19. The van der Waals surface area contributed by atoms with Crippen LogP contribution < -0.4 is 0 Å². The van der Waals surface area contributed by atoms with Crippen LogP contribution in [0.1, 0.15) is 76.0 Å². The minimum atomic E-state index is -0.545. The number of unbranched alkanes of at least 4 members (excludes halogenated alkanes) is 1. The number of rotatable bonds is 11. The third-order valence-electron chi connectivity index (χ3n) is 8.30. The monoisotopic (exact) mass is 526 g/mol. The maximum absolute atomic E-state index is 12.8. The van der Waals surface area contributed by atoms with Gasteiger partial charge in [0.1, 0.15) is 0 Å². The molecule has 2 aromatic carbocycles. The Bertz CT molecular complexity index is 1130. The van der Waals surface area contributed by atoms with E-state index in [1.165, 1.54) is 5.57 Å². The molecule has 6 atom stereocenters. The van der Waals surface area contributed by atoms with E-state index in [1.54, 1.807) is 0 Å². The van der Waals surface area contributed by atoms with Gasteiger partial charge in [0.15, 0.2) is 6.10 Å². The molecule has 2 fully saturated rings. The molecule has 0 bridgehead atoms. The highest BCUT2D eigenvalue weighted by Gasteiger charge is 2.45. The largest absolute Gasteiger partial charge is 0.453 e. The summed E-state index contributed by atoms with van der Waals surface area (Å²) in [5.74, 6) is 6.81. The van der Waals surface area contributed by atoms with Crippen LogP contribution in [-0.2, 0) is 9.53 Å². The number of hydrogen-bond acceptors (Lipinski definition) is 4. The minimum absolute atomic E-state index is 0.0735. The summed E-state index contributed by atoms with van der Waals surface area (Å²) in [6, 6.07) is 19.8. The zero-order valence-corrected chi connectivity index (χ0v) is 23.2. The van der Waals surface area contributed by atoms with E-state index in [0.717, 1.165) is 43.2 Å². The average Bonchev–Trinajstić information content (AvgIpc) is 3.48. The van der Waals surface area contributed by atoms with Crippen LogP contribution in [0.5, 0.6) is 0 Å². The van der Waals surface area contributed by atoms with Crippen molar-refractivity contribution in [1.29, 1.82) is 0 Å². The SMILES string of the molecule is CC#CCC(C)C(O)/C=C/[C@@H]1[C@H]2C/C(=C/CCCC(=O)OC(c3ccccc3)c3ccccc3)C[C@H]2C[C@H]1O. The standard InChI is InChI=1S/C35H42O4/c1-3-4-13-25(2)32(36)21-20-30-31-23-26(22-29(31)24-33(30)37)14-11-12-19-34(38)39-35(27-15-7-5-8-16-27)28-17-9-6-10-18-28/h5-10,14-18,20-21,25,29-33,35-37H,11-13,19,22-24H2,1-2H3/b21-20+,26-14+/t25?,29-,30+,31-,32?,33+/m0/s1. The summed E-state index contributed by atoms with van der Waals surface area (Å²) in [7, 11) is 0. The summed E-state index contributed by atoms with van der Waals surface area (Å²) >= 11 is 0. The fraction of sp³-hybridized carbons (Fsp3) is 0.457. The van der Waals surface area contributed by atoms with Gasteiger partial charge in [0.05, 0.1) is 12.2 Å². The molecule has 206 valence electrons. The summed E-state index contributed by atoms with van der Waals surface area (Å²) in [5, 5.41) is 21.1. The number of allylic oxidation sites excluding steroid dienone is 2. The molecule has 4 heteroatoms. The highest BCUT2D eigenvalue weighted by atomic mass is 16.5. The zero-order valence-electron chi connectivity index (χ0n) is 23.2. The molecule has 0 aliphatic heterocycles. The molecule has 0 saturated heterocycles. The highest BCUT2D eigenvalue weighted by molar-refractivity contribution is 5.70. The minimum Gasteiger partial charge on any atom is -0.453 e. The Morgan fingerprint density at radius 3 is 2.38 bits per heavy atom. The van der Waals surface area contributed by atoms with Gasteiger partial charge in [-0.15, -0.1) is 11.8 Å². The third kappa shape index (κ3) is 7.94. The van der Waals surface area contributed by atoms with Crippen LogP contribution in [0.2, 0.25) is 0 Å². The third-order valence-corrected chi connectivity index (χ3v) is 8.30. The Balaban J connectivity index is 1.26. The summed E-state index contributed by atoms with van der Waals surface area (Å²) in [5.41, 5.74) is 3.38. The van der Waals surface area contributed by atoms with Crippen LogP contribution in [0.4, 0.5) is 0 Å². The molecule has 2 aliphatic rings. The van der Waals surface area contributed by atoms with Crippen molar-refractivity contribution in [2.75, 3.05) is 0 Å². The first-order valence-electron chi connectivity index (χ1n) is 14.4. The number of benzene rings is 2. The maximum atomic E-state index is 12.8. The molecule has 0 spiro atoms. The van der Waals surface area contributed by atoms with E-state index >= 15 is 0 Å². The lowest BCUT2D eigenvalue weighted by atomic mass is 9.89. The van der Waals surface area contributed by atoms with E-state index in [9.17, 15) is 15.0 Å². The van der Waals surface area contributed by atoms with Crippen molar-refractivity contribution in [3.8, 4) is 11.8 Å². The molecule has 39 heavy (non-hydrogen) atoms. The van der Waals surface area contributed by atoms with Crippen LogP contribution in [0.3, 0.4) is 0 Å². The van der Waals surface area contributed by atoms with Crippen molar-refractivity contribution in [2.45, 2.75) is 77.1 Å². The molecular formula is C35H42O4. The van der Waals surface area contributed by atoms with E-state index in [4.69, 9.17) is 4.74 Å². The van der Waals surface area contributed by atoms with Crippen LogP contribution >= 0.6 is 0 Å². The number of hydrogen-bond donors (Lipinski definition) is 2. The van der Waals surface area contributed by atoms with E-state index in [0.29, 0.717) is 24.7 Å².